The van der Waals surface area contributed by atoms with E-state index < -0.39 is 0 Å². The summed E-state index contributed by atoms with van der Waals surface area (Å²) in [5.74, 6) is 0.892. The number of hydrogen-bond acceptors (Lipinski definition) is 2. The van der Waals surface area contributed by atoms with Gasteiger partial charge in [0.25, 0.3) is 0 Å². The van der Waals surface area contributed by atoms with Crippen molar-refractivity contribution in [2.75, 3.05) is 11.9 Å². The van der Waals surface area contributed by atoms with Crippen molar-refractivity contribution in [2.24, 2.45) is 5.92 Å². The monoisotopic (exact) mass is 292 g/mol. The van der Waals surface area contributed by atoms with Gasteiger partial charge in [-0.2, -0.15) is 5.26 Å². The summed E-state index contributed by atoms with van der Waals surface area (Å²) in [7, 11) is 0. The zero-order valence-electron chi connectivity index (χ0n) is 9.88. The van der Waals surface area contributed by atoms with E-state index in [4.69, 9.17) is 5.26 Å². The van der Waals surface area contributed by atoms with Gasteiger partial charge in [0.05, 0.1) is 11.3 Å². The summed E-state index contributed by atoms with van der Waals surface area (Å²) in [6.07, 6.45) is 6.78. The molecule has 0 atom stereocenters. The van der Waals surface area contributed by atoms with Crippen LogP contribution in [-0.4, -0.2) is 6.54 Å². The second-order valence-electron chi connectivity index (χ2n) is 4.67. The van der Waals surface area contributed by atoms with Gasteiger partial charge in [0.15, 0.2) is 0 Å². The minimum Gasteiger partial charge on any atom is -0.384 e. The van der Waals surface area contributed by atoms with Crippen molar-refractivity contribution in [3.8, 4) is 6.07 Å². The minimum atomic E-state index is 0.714. The molecule has 1 aromatic carbocycles. The fourth-order valence-corrected chi connectivity index (χ4v) is 2.83. The third-order valence-electron chi connectivity index (χ3n) is 3.44. The van der Waals surface area contributed by atoms with Gasteiger partial charge >= 0.3 is 0 Å². The van der Waals surface area contributed by atoms with Crippen LogP contribution in [0.25, 0.3) is 0 Å². The third-order valence-corrected chi connectivity index (χ3v) is 3.94. The molecule has 0 spiro atoms. The van der Waals surface area contributed by atoms with Gasteiger partial charge in [-0.1, -0.05) is 41.6 Å². The van der Waals surface area contributed by atoms with E-state index in [-0.39, 0.29) is 0 Å². The molecule has 1 saturated carbocycles. The number of nitrogens with zero attached hydrogens (tertiary/aromatic N) is 1. The van der Waals surface area contributed by atoms with Gasteiger partial charge in [-0.05, 0) is 30.5 Å². The summed E-state index contributed by atoms with van der Waals surface area (Å²) in [5.41, 5.74) is 1.67. The van der Waals surface area contributed by atoms with Gasteiger partial charge < -0.3 is 5.32 Å². The highest BCUT2D eigenvalue weighted by Crippen LogP contribution is 2.27. The van der Waals surface area contributed by atoms with E-state index in [1.807, 2.05) is 18.2 Å². The summed E-state index contributed by atoms with van der Waals surface area (Å²) in [4.78, 5) is 0. The fourth-order valence-electron chi connectivity index (χ4n) is 2.47. The Bertz CT molecular complexity index is 417. The summed E-state index contributed by atoms with van der Waals surface area (Å²) in [5, 5.41) is 12.4. The Kier molecular flexibility index (Phi) is 4.44. The summed E-state index contributed by atoms with van der Waals surface area (Å²) >= 11 is 3.38. The Hall–Kier alpha value is -1.01. The molecule has 0 radical (unpaired) electrons. The molecule has 0 amide bonds. The smallest absolute Gasteiger partial charge is 0.101 e. The zero-order chi connectivity index (χ0) is 12.1. The standard InChI is InChI=1S/C14H17BrN2/c15-13-5-6-14(12(9-13)10-16)17-8-7-11-3-1-2-4-11/h5-6,9,11,17H,1-4,7-8H2. The van der Waals surface area contributed by atoms with Crippen molar-refractivity contribution in [2.45, 2.75) is 32.1 Å². The first-order chi connectivity index (χ1) is 8.29. The maximum absolute atomic E-state index is 9.04. The molecule has 1 aliphatic carbocycles. The second-order valence-corrected chi connectivity index (χ2v) is 5.58. The molecule has 0 unspecified atom stereocenters. The Balaban J connectivity index is 1.88. The predicted octanol–water partition coefficient (Wildman–Crippen LogP) is 4.31. The van der Waals surface area contributed by atoms with E-state index in [9.17, 15) is 0 Å². The molecule has 1 aliphatic rings. The summed E-state index contributed by atoms with van der Waals surface area (Å²) in [6.45, 7) is 0.973. The SMILES string of the molecule is N#Cc1cc(Br)ccc1NCCC1CCCC1. The summed E-state index contributed by atoms with van der Waals surface area (Å²) < 4.78 is 0.954. The first kappa shape index (κ1) is 12.4. The molecule has 0 heterocycles. The van der Waals surface area contributed by atoms with E-state index in [0.29, 0.717) is 5.56 Å². The molecule has 0 saturated heterocycles. The maximum Gasteiger partial charge on any atom is 0.101 e. The molecule has 3 heteroatoms. The largest absolute Gasteiger partial charge is 0.384 e. The number of halogens is 1. The van der Waals surface area contributed by atoms with Crippen LogP contribution in [0.1, 0.15) is 37.7 Å². The molecule has 1 aromatic rings. The lowest BCUT2D eigenvalue weighted by Gasteiger charge is -2.11. The molecule has 17 heavy (non-hydrogen) atoms. The second kappa shape index (κ2) is 6.07. The predicted molar refractivity (Wildman–Crippen MR) is 73.9 cm³/mol. The highest BCUT2D eigenvalue weighted by Gasteiger charge is 2.14. The topological polar surface area (TPSA) is 35.8 Å². The van der Waals surface area contributed by atoms with Crippen LogP contribution in [-0.2, 0) is 0 Å². The van der Waals surface area contributed by atoms with E-state index in [1.165, 1.54) is 32.1 Å². The number of benzene rings is 1. The lowest BCUT2D eigenvalue weighted by molar-refractivity contribution is 0.518. The molecule has 0 bridgehead atoms. The molecule has 1 N–H and O–H groups in total. The van der Waals surface area contributed by atoms with Crippen molar-refractivity contribution >= 4 is 21.6 Å². The van der Waals surface area contributed by atoms with E-state index in [0.717, 1.165) is 22.6 Å². The van der Waals surface area contributed by atoms with Crippen LogP contribution in [0, 0.1) is 17.2 Å². The van der Waals surface area contributed by atoms with E-state index in [2.05, 4.69) is 27.3 Å². The molecule has 0 aliphatic heterocycles. The number of nitriles is 1. The van der Waals surface area contributed by atoms with Crippen molar-refractivity contribution in [1.82, 2.24) is 0 Å². The molecule has 2 nitrogen and oxygen atoms in total. The average molecular weight is 293 g/mol. The van der Waals surface area contributed by atoms with Crippen LogP contribution in [0.4, 0.5) is 5.69 Å². The van der Waals surface area contributed by atoms with E-state index in [1.54, 1.807) is 0 Å². The highest BCUT2D eigenvalue weighted by molar-refractivity contribution is 9.10. The van der Waals surface area contributed by atoms with Gasteiger partial charge in [0, 0.05) is 11.0 Å². The molecular weight excluding hydrogens is 276 g/mol. The van der Waals surface area contributed by atoms with E-state index >= 15 is 0 Å². The molecule has 90 valence electrons. The molecule has 0 aromatic heterocycles. The lowest BCUT2D eigenvalue weighted by Crippen LogP contribution is -2.07. The van der Waals surface area contributed by atoms with Crippen molar-refractivity contribution in [3.63, 3.8) is 0 Å². The zero-order valence-corrected chi connectivity index (χ0v) is 11.5. The van der Waals surface area contributed by atoms with Crippen LogP contribution >= 0.6 is 15.9 Å². The van der Waals surface area contributed by atoms with Gasteiger partial charge in [0.1, 0.15) is 6.07 Å². The first-order valence-electron chi connectivity index (χ1n) is 6.23. The van der Waals surface area contributed by atoms with Gasteiger partial charge in [-0.15, -0.1) is 0 Å². The average Bonchev–Trinajstić information content (AvgIpc) is 2.84. The van der Waals surface area contributed by atoms with Crippen molar-refractivity contribution in [1.29, 1.82) is 5.26 Å². The maximum atomic E-state index is 9.04. The Morgan fingerprint density at radius 1 is 1.35 bits per heavy atom. The minimum absolute atomic E-state index is 0.714. The van der Waals surface area contributed by atoms with Crippen LogP contribution in [0.5, 0.6) is 0 Å². The molecule has 1 fully saturated rings. The highest BCUT2D eigenvalue weighted by atomic mass is 79.9. The normalized spacial score (nSPS) is 15.8. The number of rotatable bonds is 4. The van der Waals surface area contributed by atoms with Crippen LogP contribution in [0.15, 0.2) is 22.7 Å². The molecular formula is C14H17BrN2. The van der Waals surface area contributed by atoms with Crippen LogP contribution < -0.4 is 5.32 Å². The quantitative estimate of drug-likeness (QED) is 0.897. The van der Waals surface area contributed by atoms with Crippen molar-refractivity contribution in [3.05, 3.63) is 28.2 Å². The van der Waals surface area contributed by atoms with Gasteiger partial charge in [-0.3, -0.25) is 0 Å². The van der Waals surface area contributed by atoms with Crippen molar-refractivity contribution < 1.29 is 0 Å². The lowest BCUT2D eigenvalue weighted by atomic mass is 10.0. The summed E-state index contributed by atoms with van der Waals surface area (Å²) in [6, 6.07) is 8.02. The van der Waals surface area contributed by atoms with Crippen LogP contribution in [0.3, 0.4) is 0 Å². The van der Waals surface area contributed by atoms with Crippen LogP contribution in [0.2, 0.25) is 0 Å². The number of hydrogen-bond donors (Lipinski definition) is 1. The Morgan fingerprint density at radius 3 is 2.82 bits per heavy atom. The van der Waals surface area contributed by atoms with Gasteiger partial charge in [0.2, 0.25) is 0 Å². The molecule has 2 rings (SSSR count). The third kappa shape index (κ3) is 3.47. The fraction of sp³-hybridized carbons (Fsp3) is 0.500. The Labute approximate surface area is 111 Å². The first-order valence-corrected chi connectivity index (χ1v) is 7.02. The van der Waals surface area contributed by atoms with Gasteiger partial charge in [-0.25, -0.2) is 0 Å². The number of nitrogens with one attached hydrogen (secondary N) is 1. The number of anilines is 1. The Morgan fingerprint density at radius 2 is 2.12 bits per heavy atom.